The van der Waals surface area contributed by atoms with Crippen LogP contribution in [0.15, 0.2) is 91.1 Å². The molecule has 3 nitrogen and oxygen atoms in total. The van der Waals surface area contributed by atoms with Crippen molar-refractivity contribution in [2.75, 3.05) is 0 Å². The highest BCUT2D eigenvalue weighted by molar-refractivity contribution is 5.99. The minimum atomic E-state index is 0.704. The molecule has 0 atom stereocenters. The molecule has 4 aromatic carbocycles. The van der Waals surface area contributed by atoms with Crippen molar-refractivity contribution in [2.45, 2.75) is 6.54 Å². The molecular formula is C23H17N3. The van der Waals surface area contributed by atoms with Crippen LogP contribution in [0.2, 0.25) is 0 Å². The van der Waals surface area contributed by atoms with Crippen LogP contribution >= 0.6 is 0 Å². The molecule has 0 saturated heterocycles. The van der Waals surface area contributed by atoms with Crippen molar-refractivity contribution in [1.82, 2.24) is 15.0 Å². The topological polar surface area (TPSA) is 30.7 Å². The average molecular weight is 335 g/mol. The summed E-state index contributed by atoms with van der Waals surface area (Å²) < 4.78 is 1.91. The van der Waals surface area contributed by atoms with Gasteiger partial charge in [-0.05, 0) is 39.2 Å². The predicted molar refractivity (Wildman–Crippen MR) is 106 cm³/mol. The van der Waals surface area contributed by atoms with Gasteiger partial charge in [-0.15, -0.1) is 5.10 Å². The Hall–Kier alpha value is -3.46. The van der Waals surface area contributed by atoms with Gasteiger partial charge in [0.1, 0.15) is 5.69 Å². The standard InChI is InChI=1S/C23H17N3/c1-2-7-17(8-3-1)23-16-26(25-24-23)15-21-12-6-11-20-13-18-9-4-5-10-19(18)14-22(20)21/h1-14,16H,15H2. The predicted octanol–water partition coefficient (Wildman–Crippen LogP) is 5.30. The summed E-state index contributed by atoms with van der Waals surface area (Å²) in [5.41, 5.74) is 3.23. The Bertz CT molecular complexity index is 1210. The minimum Gasteiger partial charge on any atom is -0.247 e. The van der Waals surface area contributed by atoms with E-state index in [0.29, 0.717) is 6.54 Å². The van der Waals surface area contributed by atoms with Crippen LogP contribution in [0.1, 0.15) is 5.56 Å². The van der Waals surface area contributed by atoms with Gasteiger partial charge >= 0.3 is 0 Å². The summed E-state index contributed by atoms with van der Waals surface area (Å²) >= 11 is 0. The van der Waals surface area contributed by atoms with Crippen molar-refractivity contribution in [2.24, 2.45) is 0 Å². The Balaban J connectivity index is 1.55. The lowest BCUT2D eigenvalue weighted by Crippen LogP contribution is -2.01. The van der Waals surface area contributed by atoms with E-state index in [9.17, 15) is 0 Å². The Morgan fingerprint density at radius 3 is 2.27 bits per heavy atom. The van der Waals surface area contributed by atoms with Crippen molar-refractivity contribution >= 4 is 21.5 Å². The molecule has 0 fully saturated rings. The van der Waals surface area contributed by atoms with Gasteiger partial charge in [-0.2, -0.15) is 0 Å². The molecule has 1 aromatic heterocycles. The van der Waals surface area contributed by atoms with Gasteiger partial charge in [0.2, 0.25) is 0 Å². The first-order chi connectivity index (χ1) is 12.9. The molecule has 124 valence electrons. The van der Waals surface area contributed by atoms with E-state index in [1.54, 1.807) is 0 Å². The molecule has 26 heavy (non-hydrogen) atoms. The number of fused-ring (bicyclic) bond motifs is 2. The summed E-state index contributed by atoms with van der Waals surface area (Å²) in [5.74, 6) is 0. The monoisotopic (exact) mass is 335 g/mol. The molecule has 0 radical (unpaired) electrons. The number of hydrogen-bond acceptors (Lipinski definition) is 2. The molecular weight excluding hydrogens is 318 g/mol. The summed E-state index contributed by atoms with van der Waals surface area (Å²) in [5, 5.41) is 13.7. The first kappa shape index (κ1) is 14.8. The fourth-order valence-electron chi connectivity index (χ4n) is 3.46. The summed E-state index contributed by atoms with van der Waals surface area (Å²) in [6, 6.07) is 29.6. The van der Waals surface area contributed by atoms with Crippen molar-refractivity contribution < 1.29 is 0 Å². The second-order valence-electron chi connectivity index (χ2n) is 6.51. The zero-order valence-corrected chi connectivity index (χ0v) is 14.2. The van der Waals surface area contributed by atoms with Gasteiger partial charge in [0.25, 0.3) is 0 Å². The van der Waals surface area contributed by atoms with Crippen LogP contribution in [-0.2, 0) is 6.54 Å². The smallest absolute Gasteiger partial charge is 0.113 e. The molecule has 1 heterocycles. The molecule has 5 rings (SSSR count). The molecule has 0 aliphatic carbocycles. The fourth-order valence-corrected chi connectivity index (χ4v) is 3.46. The third-order valence-electron chi connectivity index (χ3n) is 4.78. The number of hydrogen-bond donors (Lipinski definition) is 0. The van der Waals surface area contributed by atoms with Crippen LogP contribution in [0.3, 0.4) is 0 Å². The third kappa shape index (κ3) is 2.64. The maximum atomic E-state index is 4.33. The number of aromatic nitrogens is 3. The van der Waals surface area contributed by atoms with Crippen LogP contribution in [0.5, 0.6) is 0 Å². The van der Waals surface area contributed by atoms with Gasteiger partial charge in [-0.25, -0.2) is 4.68 Å². The van der Waals surface area contributed by atoms with Gasteiger partial charge in [-0.1, -0.05) is 78.0 Å². The highest BCUT2D eigenvalue weighted by Crippen LogP contribution is 2.26. The van der Waals surface area contributed by atoms with E-state index >= 15 is 0 Å². The quantitative estimate of drug-likeness (QED) is 0.419. The molecule has 0 bridgehead atoms. The van der Waals surface area contributed by atoms with Gasteiger partial charge in [-0.3, -0.25) is 0 Å². The van der Waals surface area contributed by atoms with Crippen LogP contribution < -0.4 is 0 Å². The van der Waals surface area contributed by atoms with Gasteiger partial charge in [0, 0.05) is 5.56 Å². The normalized spacial score (nSPS) is 11.2. The summed E-state index contributed by atoms with van der Waals surface area (Å²) in [6.45, 7) is 0.704. The lowest BCUT2D eigenvalue weighted by atomic mass is 10.00. The van der Waals surface area contributed by atoms with E-state index in [2.05, 4.69) is 77.0 Å². The molecule has 0 unspecified atom stereocenters. The van der Waals surface area contributed by atoms with E-state index in [0.717, 1.165) is 11.3 Å². The summed E-state index contributed by atoms with van der Waals surface area (Å²) in [4.78, 5) is 0. The van der Waals surface area contributed by atoms with E-state index in [1.165, 1.54) is 27.1 Å². The summed E-state index contributed by atoms with van der Waals surface area (Å²) in [7, 11) is 0. The Morgan fingerprint density at radius 1 is 0.692 bits per heavy atom. The molecule has 0 saturated carbocycles. The van der Waals surface area contributed by atoms with E-state index in [4.69, 9.17) is 0 Å². The summed E-state index contributed by atoms with van der Waals surface area (Å²) in [6.07, 6.45) is 2.01. The molecule has 0 amide bonds. The molecule has 0 aliphatic rings. The minimum absolute atomic E-state index is 0.704. The van der Waals surface area contributed by atoms with E-state index < -0.39 is 0 Å². The molecule has 0 N–H and O–H groups in total. The van der Waals surface area contributed by atoms with Crippen molar-refractivity contribution in [3.63, 3.8) is 0 Å². The van der Waals surface area contributed by atoms with E-state index in [-0.39, 0.29) is 0 Å². The zero-order valence-electron chi connectivity index (χ0n) is 14.2. The van der Waals surface area contributed by atoms with Crippen LogP contribution in [-0.4, -0.2) is 15.0 Å². The number of nitrogens with zero attached hydrogens (tertiary/aromatic N) is 3. The lowest BCUT2D eigenvalue weighted by Gasteiger charge is -2.08. The maximum Gasteiger partial charge on any atom is 0.113 e. The van der Waals surface area contributed by atoms with Crippen molar-refractivity contribution in [3.8, 4) is 11.3 Å². The Morgan fingerprint density at radius 2 is 1.42 bits per heavy atom. The maximum absolute atomic E-state index is 4.33. The Labute approximate surface area is 151 Å². The van der Waals surface area contributed by atoms with Gasteiger partial charge < -0.3 is 0 Å². The zero-order chi connectivity index (χ0) is 17.3. The highest BCUT2D eigenvalue weighted by Gasteiger charge is 2.07. The Kier molecular flexibility index (Phi) is 3.49. The van der Waals surface area contributed by atoms with Crippen LogP contribution in [0.25, 0.3) is 32.8 Å². The lowest BCUT2D eigenvalue weighted by molar-refractivity contribution is 0.652. The van der Waals surface area contributed by atoms with Crippen LogP contribution in [0.4, 0.5) is 0 Å². The largest absolute Gasteiger partial charge is 0.247 e. The van der Waals surface area contributed by atoms with Crippen molar-refractivity contribution in [3.05, 3.63) is 96.7 Å². The fraction of sp³-hybridized carbons (Fsp3) is 0.0435. The number of benzene rings is 4. The number of rotatable bonds is 3. The SMILES string of the molecule is c1ccc(-c2cn(Cc3cccc4cc5ccccc5cc34)nn2)cc1. The van der Waals surface area contributed by atoms with Crippen LogP contribution in [0, 0.1) is 0 Å². The van der Waals surface area contributed by atoms with Crippen molar-refractivity contribution in [1.29, 1.82) is 0 Å². The molecule has 5 aromatic rings. The first-order valence-electron chi connectivity index (χ1n) is 8.73. The second kappa shape index (κ2) is 6.12. The van der Waals surface area contributed by atoms with Gasteiger partial charge in [0.15, 0.2) is 0 Å². The van der Waals surface area contributed by atoms with Gasteiger partial charge in [0.05, 0.1) is 12.7 Å². The molecule has 0 spiro atoms. The first-order valence-corrected chi connectivity index (χ1v) is 8.73. The average Bonchev–Trinajstić information content (AvgIpc) is 3.16. The van der Waals surface area contributed by atoms with E-state index in [1.807, 2.05) is 29.1 Å². The molecule has 3 heteroatoms. The highest BCUT2D eigenvalue weighted by atomic mass is 15.4. The second-order valence-corrected chi connectivity index (χ2v) is 6.51. The molecule has 0 aliphatic heterocycles. The third-order valence-corrected chi connectivity index (χ3v) is 4.78.